The Morgan fingerprint density at radius 3 is 2.88 bits per heavy atom. The fourth-order valence-electron chi connectivity index (χ4n) is 3.62. The molecule has 5 N–H and O–H groups in total. The number of allylic oxidation sites excluding steroid dienone is 1. The summed E-state index contributed by atoms with van der Waals surface area (Å²) in [5, 5.41) is 24.5. The number of carboxylic acids is 1. The first-order chi connectivity index (χ1) is 15.3. The van der Waals surface area contributed by atoms with Gasteiger partial charge in [-0.3, -0.25) is 14.5 Å². The van der Waals surface area contributed by atoms with E-state index in [1.165, 1.54) is 16.7 Å². The van der Waals surface area contributed by atoms with Gasteiger partial charge in [-0.2, -0.15) is 9.36 Å². The van der Waals surface area contributed by atoms with E-state index < -0.39 is 35.6 Å². The number of rotatable bonds is 6. The van der Waals surface area contributed by atoms with Crippen LogP contribution in [-0.2, 0) is 21.4 Å². The van der Waals surface area contributed by atoms with Crippen LogP contribution in [0.2, 0.25) is 0 Å². The van der Waals surface area contributed by atoms with Gasteiger partial charge in [0.05, 0.1) is 10.9 Å². The molecule has 0 bridgehead atoms. The highest BCUT2D eigenvalue weighted by Crippen LogP contribution is 2.42. The summed E-state index contributed by atoms with van der Waals surface area (Å²) in [7, 11) is 1.86. The number of nitrogen functional groups attached to an aromatic ring is 1. The molecular formula is C18H18N7O5S2+. The van der Waals surface area contributed by atoms with Crippen molar-refractivity contribution in [1.29, 1.82) is 0 Å². The van der Waals surface area contributed by atoms with E-state index >= 15 is 0 Å². The van der Waals surface area contributed by atoms with Gasteiger partial charge in [-0.15, -0.1) is 0 Å². The number of nitrogens with two attached hydrogens (primary N) is 1. The Kier molecular flexibility index (Phi) is 5.80. The minimum Gasteiger partial charge on any atom is -0.477 e. The monoisotopic (exact) mass is 476 g/mol. The lowest BCUT2D eigenvalue weighted by atomic mass is 9.86. The summed E-state index contributed by atoms with van der Waals surface area (Å²) in [5.74, 6) is -2.79. The molecule has 12 nitrogen and oxygen atoms in total. The summed E-state index contributed by atoms with van der Waals surface area (Å²) >= 11 is 2.12. The zero-order chi connectivity index (χ0) is 23.0. The number of carbonyl (C=O) groups excluding carboxylic acids is 2. The van der Waals surface area contributed by atoms with Crippen molar-refractivity contribution < 1.29 is 29.3 Å². The lowest BCUT2D eigenvalue weighted by molar-refractivity contribution is -0.673. The molecule has 0 radical (unpaired) electrons. The van der Waals surface area contributed by atoms with Gasteiger partial charge < -0.3 is 21.4 Å². The number of nitrogens with one attached hydrogen (secondary N) is 1. The van der Waals surface area contributed by atoms with Gasteiger partial charge in [0, 0.05) is 22.5 Å². The van der Waals surface area contributed by atoms with E-state index in [-0.39, 0.29) is 16.7 Å². The van der Waals surface area contributed by atoms with Crippen LogP contribution in [0, 0.1) is 0 Å². The molecule has 2 unspecified atom stereocenters. The maximum Gasteiger partial charge on any atom is 0.353 e. The fraction of sp³-hybridized carbons (Fsp3) is 0.278. The molecule has 1 fully saturated rings. The first-order valence-corrected chi connectivity index (χ1v) is 10.9. The number of hydrogen-bond acceptors (Lipinski definition) is 10. The van der Waals surface area contributed by atoms with E-state index in [1.54, 1.807) is 0 Å². The van der Waals surface area contributed by atoms with Crippen LogP contribution in [-0.4, -0.2) is 60.2 Å². The minimum absolute atomic E-state index is 0.0837. The van der Waals surface area contributed by atoms with Gasteiger partial charge in [0.15, 0.2) is 17.5 Å². The van der Waals surface area contributed by atoms with Crippen LogP contribution in [0.4, 0.5) is 5.13 Å². The van der Waals surface area contributed by atoms with Gasteiger partial charge in [0.2, 0.25) is 11.5 Å². The van der Waals surface area contributed by atoms with Crippen LogP contribution < -0.4 is 15.6 Å². The van der Waals surface area contributed by atoms with Crippen molar-refractivity contribution in [3.63, 3.8) is 0 Å². The second-order valence-corrected chi connectivity index (χ2v) is 9.01. The van der Waals surface area contributed by atoms with Crippen LogP contribution in [0.5, 0.6) is 0 Å². The number of thioether (sulfide) groups is 1. The average molecular weight is 477 g/mol. The summed E-state index contributed by atoms with van der Waals surface area (Å²) in [4.78, 5) is 43.7. The summed E-state index contributed by atoms with van der Waals surface area (Å²) < 4.78 is 5.67. The largest absolute Gasteiger partial charge is 0.477 e. The van der Waals surface area contributed by atoms with E-state index in [9.17, 15) is 24.7 Å². The van der Waals surface area contributed by atoms with Gasteiger partial charge in [0.25, 0.3) is 11.8 Å². The molecule has 0 saturated carbocycles. The third-order valence-electron chi connectivity index (χ3n) is 5.00. The van der Waals surface area contributed by atoms with Crippen LogP contribution in [0.3, 0.4) is 0 Å². The molecule has 2 aromatic rings. The summed E-state index contributed by atoms with van der Waals surface area (Å²) in [6.07, 6.45) is 4.61. The molecule has 2 amide bonds. The highest BCUT2D eigenvalue weighted by Gasteiger charge is 2.54. The third kappa shape index (κ3) is 3.89. The molecule has 2 atom stereocenters. The number of carboxylic acid groups (broad SMARTS) is 1. The fourth-order valence-corrected chi connectivity index (χ4v) is 5.21. The number of anilines is 1. The SMILES string of the molecule is C[n+]1cccc(SC2=C(C(=O)O)N3C(=O)C(NC(=O)/C(=N\O)c4nsc(N)n4)C3CC2)c1. The summed E-state index contributed by atoms with van der Waals surface area (Å²) in [6, 6.07) is 2.23. The number of β-lactam (4-membered cyclic amide) rings is 1. The highest BCUT2D eigenvalue weighted by atomic mass is 32.2. The molecular weight excluding hydrogens is 458 g/mol. The van der Waals surface area contributed by atoms with Crippen molar-refractivity contribution in [3.8, 4) is 0 Å². The lowest BCUT2D eigenvalue weighted by Gasteiger charge is -2.50. The zero-order valence-electron chi connectivity index (χ0n) is 16.6. The number of hydrogen-bond donors (Lipinski definition) is 4. The van der Waals surface area contributed by atoms with Gasteiger partial charge in [0.1, 0.15) is 18.8 Å². The Bertz CT molecular complexity index is 1180. The molecule has 14 heteroatoms. The van der Waals surface area contributed by atoms with Crippen LogP contribution in [0.15, 0.2) is 45.2 Å². The number of amides is 2. The number of nitrogens with zero attached hydrogens (tertiary/aromatic N) is 5. The summed E-state index contributed by atoms with van der Waals surface area (Å²) in [6.45, 7) is 0. The molecule has 0 spiro atoms. The predicted octanol–water partition coefficient (Wildman–Crippen LogP) is -0.299. The Morgan fingerprint density at radius 2 is 2.25 bits per heavy atom. The van der Waals surface area contributed by atoms with Crippen LogP contribution in [0.25, 0.3) is 0 Å². The maximum absolute atomic E-state index is 12.8. The Hall–Kier alpha value is -3.52. The molecule has 2 aliphatic heterocycles. The molecule has 2 aliphatic rings. The number of pyridine rings is 1. The van der Waals surface area contributed by atoms with Gasteiger partial charge in [-0.05, 0) is 18.9 Å². The minimum atomic E-state index is -1.21. The highest BCUT2D eigenvalue weighted by molar-refractivity contribution is 8.03. The normalized spacial score (nSPS) is 20.6. The first kappa shape index (κ1) is 21.7. The van der Waals surface area contributed by atoms with Crippen molar-refractivity contribution in [2.75, 3.05) is 5.73 Å². The number of aliphatic carboxylic acids is 1. The van der Waals surface area contributed by atoms with E-state index in [0.717, 1.165) is 16.4 Å². The van der Waals surface area contributed by atoms with E-state index in [0.29, 0.717) is 17.7 Å². The lowest BCUT2D eigenvalue weighted by Crippen LogP contribution is -2.72. The molecule has 0 aromatic carbocycles. The maximum atomic E-state index is 12.8. The van der Waals surface area contributed by atoms with Crippen LogP contribution >= 0.6 is 23.3 Å². The smallest absolute Gasteiger partial charge is 0.353 e. The van der Waals surface area contributed by atoms with Crippen molar-refractivity contribution >= 4 is 51.9 Å². The molecule has 4 rings (SSSR count). The standard InChI is InChI=1S/C18H17N7O5S2/c1-24-6-2-3-8(7-24)31-10-5-4-9-11(16(27)25(9)13(10)17(28)29)20-15(26)12(22-30)14-21-18(19)32-23-14/h2-3,6-7,9,11H,4-5H2,1H3,(H4-,19,20,21,23,26,28,29,30)/p+1. The Morgan fingerprint density at radius 1 is 1.47 bits per heavy atom. The third-order valence-corrected chi connectivity index (χ3v) is 6.67. The number of fused-ring (bicyclic) bond motifs is 1. The second kappa shape index (κ2) is 8.55. The number of aromatic nitrogens is 3. The van der Waals surface area contributed by atoms with Gasteiger partial charge >= 0.3 is 5.97 Å². The quantitative estimate of drug-likeness (QED) is 0.143. The Labute approximate surface area is 189 Å². The van der Waals surface area contributed by atoms with Crippen molar-refractivity contribution in [2.45, 2.75) is 29.8 Å². The number of oxime groups is 1. The molecule has 2 aromatic heterocycles. The molecule has 4 heterocycles. The van der Waals surface area contributed by atoms with Crippen molar-refractivity contribution in [1.82, 2.24) is 19.6 Å². The second-order valence-electron chi connectivity index (χ2n) is 7.05. The van der Waals surface area contributed by atoms with E-state index in [4.69, 9.17) is 5.73 Å². The Balaban J connectivity index is 1.53. The van der Waals surface area contributed by atoms with Crippen molar-refractivity contribution in [2.24, 2.45) is 12.2 Å². The number of carbonyl (C=O) groups is 3. The average Bonchev–Trinajstić information content (AvgIpc) is 3.17. The zero-order valence-corrected chi connectivity index (χ0v) is 18.3. The van der Waals surface area contributed by atoms with E-state index in [1.807, 2.05) is 36.1 Å². The van der Waals surface area contributed by atoms with E-state index in [2.05, 4.69) is 19.8 Å². The first-order valence-electron chi connectivity index (χ1n) is 9.35. The summed E-state index contributed by atoms with van der Waals surface area (Å²) in [5.41, 5.74) is 4.92. The molecule has 166 valence electrons. The molecule has 1 saturated heterocycles. The molecule has 32 heavy (non-hydrogen) atoms. The number of aryl methyl sites for hydroxylation is 1. The van der Waals surface area contributed by atoms with Crippen molar-refractivity contribution in [3.05, 3.63) is 41.0 Å². The van der Waals surface area contributed by atoms with Crippen LogP contribution in [0.1, 0.15) is 18.7 Å². The van der Waals surface area contributed by atoms with Gasteiger partial charge in [-0.1, -0.05) is 16.9 Å². The molecule has 0 aliphatic carbocycles. The predicted molar refractivity (Wildman–Crippen MR) is 113 cm³/mol. The van der Waals surface area contributed by atoms with Gasteiger partial charge in [-0.25, -0.2) is 9.36 Å². The topological polar surface area (TPSA) is 175 Å².